The topological polar surface area (TPSA) is 62.5 Å². The summed E-state index contributed by atoms with van der Waals surface area (Å²) in [7, 11) is 0. The summed E-state index contributed by atoms with van der Waals surface area (Å²) in [4.78, 5) is 8.45. The van der Waals surface area contributed by atoms with Gasteiger partial charge in [0.2, 0.25) is 0 Å². The van der Waals surface area contributed by atoms with E-state index in [9.17, 15) is 13.2 Å². The van der Waals surface area contributed by atoms with Gasteiger partial charge in [-0.2, -0.15) is 0 Å². The number of hydrogen-bond acceptors (Lipinski definition) is 5. The number of oxazole rings is 1. The number of amidine groups is 1. The molecule has 1 unspecified atom stereocenters. The van der Waals surface area contributed by atoms with Crippen molar-refractivity contribution in [1.29, 1.82) is 0 Å². The zero-order valence-electron chi connectivity index (χ0n) is 14.9. The molecule has 0 aliphatic carbocycles. The number of aliphatic imine (C=N–C) groups is 1. The molecule has 0 saturated heterocycles. The maximum Gasteiger partial charge on any atom is 0.182 e. The summed E-state index contributed by atoms with van der Waals surface area (Å²) in [5.74, 6) is -2.22. The molecule has 0 fully saturated rings. The van der Waals surface area contributed by atoms with Gasteiger partial charge in [0.05, 0.1) is 0 Å². The molecular formula is C19H19F3N4O. The lowest BCUT2D eigenvalue weighted by Crippen LogP contribution is -2.40. The number of benzene rings is 1. The summed E-state index contributed by atoms with van der Waals surface area (Å²) >= 11 is 0. The molecule has 0 spiro atoms. The predicted molar refractivity (Wildman–Crippen MR) is 97.0 cm³/mol. The van der Waals surface area contributed by atoms with Gasteiger partial charge >= 0.3 is 0 Å². The number of hydrazine groups is 1. The Labute approximate surface area is 154 Å². The van der Waals surface area contributed by atoms with Gasteiger partial charge in [-0.3, -0.25) is 0 Å². The van der Waals surface area contributed by atoms with Crippen LogP contribution in [0.4, 0.5) is 13.2 Å². The zero-order chi connectivity index (χ0) is 19.4. The molecule has 1 aromatic heterocycles. The van der Waals surface area contributed by atoms with E-state index in [0.29, 0.717) is 18.2 Å². The number of nitrogens with zero attached hydrogens (tertiary/aromatic N) is 2. The van der Waals surface area contributed by atoms with Crippen molar-refractivity contribution in [3.8, 4) is 11.3 Å². The molecule has 1 aliphatic rings. The van der Waals surface area contributed by atoms with Gasteiger partial charge in [-0.25, -0.2) is 28.6 Å². The van der Waals surface area contributed by atoms with Crippen molar-refractivity contribution >= 4 is 11.4 Å². The highest BCUT2D eigenvalue weighted by molar-refractivity contribution is 5.87. The van der Waals surface area contributed by atoms with E-state index in [1.165, 1.54) is 0 Å². The van der Waals surface area contributed by atoms with Crippen LogP contribution in [0.15, 0.2) is 46.3 Å². The van der Waals surface area contributed by atoms with Gasteiger partial charge in [0.25, 0.3) is 0 Å². The molecule has 27 heavy (non-hydrogen) atoms. The van der Waals surface area contributed by atoms with Crippen LogP contribution in [0.3, 0.4) is 0 Å². The van der Waals surface area contributed by atoms with Crippen LogP contribution >= 0.6 is 0 Å². The number of allylic oxidation sites excluding steroid dienone is 2. The average molecular weight is 376 g/mol. The second kappa shape index (κ2) is 8.22. The Kier molecular flexibility index (Phi) is 5.75. The van der Waals surface area contributed by atoms with Crippen molar-refractivity contribution < 1.29 is 17.6 Å². The molecule has 0 bridgehead atoms. The summed E-state index contributed by atoms with van der Waals surface area (Å²) in [6.45, 7) is 4.59. The van der Waals surface area contributed by atoms with E-state index < -0.39 is 17.5 Å². The Bertz CT molecular complexity index is 918. The van der Waals surface area contributed by atoms with Crippen LogP contribution in [0.1, 0.15) is 26.0 Å². The normalized spacial score (nSPS) is 19.0. The molecular weight excluding hydrogens is 357 g/mol. The molecule has 2 heterocycles. The van der Waals surface area contributed by atoms with Gasteiger partial charge in [0.1, 0.15) is 17.3 Å². The zero-order valence-corrected chi connectivity index (χ0v) is 14.9. The minimum atomic E-state index is -1.26. The van der Waals surface area contributed by atoms with Gasteiger partial charge < -0.3 is 9.84 Å². The van der Waals surface area contributed by atoms with Crippen molar-refractivity contribution in [2.75, 3.05) is 6.54 Å². The monoisotopic (exact) mass is 376 g/mol. The SMILES string of the molecule is CCC(C)C1=N/C=C(c2ocnc2-c2cc(F)c(F)cc2F)\C=C/CNN1. The molecule has 5 nitrogen and oxygen atoms in total. The van der Waals surface area contributed by atoms with Gasteiger partial charge in [0, 0.05) is 35.9 Å². The van der Waals surface area contributed by atoms with Crippen molar-refractivity contribution in [2.45, 2.75) is 20.3 Å². The predicted octanol–water partition coefficient (Wildman–Crippen LogP) is 4.21. The number of aromatic nitrogens is 1. The fraction of sp³-hybridized carbons (Fsp3) is 0.263. The van der Waals surface area contributed by atoms with Crippen LogP contribution in [-0.4, -0.2) is 17.4 Å². The lowest BCUT2D eigenvalue weighted by atomic mass is 10.0. The molecule has 2 aromatic rings. The standard InChI is InChI=1S/C19H19F3N4O/c1-3-11(2)19-23-9-12(5-4-6-25-26-19)18-17(24-10-27-18)13-7-15(21)16(22)8-14(13)20/h4-5,7-11,25H,3,6H2,1-2H3,(H,23,26)/b5-4-,12-9+. The second-order valence-electron chi connectivity index (χ2n) is 6.09. The van der Waals surface area contributed by atoms with E-state index in [1.54, 1.807) is 12.3 Å². The highest BCUT2D eigenvalue weighted by Crippen LogP contribution is 2.31. The van der Waals surface area contributed by atoms with E-state index >= 15 is 0 Å². The Morgan fingerprint density at radius 2 is 1.96 bits per heavy atom. The van der Waals surface area contributed by atoms with Gasteiger partial charge in [0.15, 0.2) is 23.8 Å². The van der Waals surface area contributed by atoms with Gasteiger partial charge in [-0.05, 0) is 12.5 Å². The van der Waals surface area contributed by atoms with Gasteiger partial charge in [-0.1, -0.05) is 26.0 Å². The molecule has 1 atom stereocenters. The lowest BCUT2D eigenvalue weighted by molar-refractivity contribution is 0.496. The number of halogens is 3. The Hall–Kier alpha value is -2.87. The van der Waals surface area contributed by atoms with Gasteiger partial charge in [-0.15, -0.1) is 0 Å². The summed E-state index contributed by atoms with van der Waals surface area (Å²) < 4.78 is 46.5. The maximum absolute atomic E-state index is 14.2. The van der Waals surface area contributed by atoms with Crippen LogP contribution in [0, 0.1) is 23.4 Å². The van der Waals surface area contributed by atoms with Crippen LogP contribution in [0.5, 0.6) is 0 Å². The fourth-order valence-electron chi connectivity index (χ4n) is 2.53. The van der Waals surface area contributed by atoms with Crippen LogP contribution in [-0.2, 0) is 0 Å². The largest absolute Gasteiger partial charge is 0.443 e. The van der Waals surface area contributed by atoms with E-state index in [1.807, 2.05) is 19.9 Å². The molecule has 0 saturated carbocycles. The van der Waals surface area contributed by atoms with Crippen molar-refractivity contribution in [3.63, 3.8) is 0 Å². The smallest absolute Gasteiger partial charge is 0.182 e. The fourth-order valence-corrected chi connectivity index (χ4v) is 2.53. The van der Waals surface area contributed by atoms with Crippen molar-refractivity contribution in [1.82, 2.24) is 15.8 Å². The van der Waals surface area contributed by atoms with Crippen LogP contribution < -0.4 is 10.9 Å². The Balaban J connectivity index is 2.07. The summed E-state index contributed by atoms with van der Waals surface area (Å²) in [6, 6.07) is 1.26. The second-order valence-corrected chi connectivity index (χ2v) is 6.09. The highest BCUT2D eigenvalue weighted by Gasteiger charge is 2.20. The quantitative estimate of drug-likeness (QED) is 0.785. The first-order valence-electron chi connectivity index (χ1n) is 8.53. The number of nitrogens with one attached hydrogen (secondary N) is 2. The lowest BCUT2D eigenvalue weighted by Gasteiger charge is -2.14. The van der Waals surface area contributed by atoms with E-state index in [-0.39, 0.29) is 22.9 Å². The molecule has 8 heteroatoms. The highest BCUT2D eigenvalue weighted by atomic mass is 19.2. The third kappa shape index (κ3) is 4.11. The molecule has 1 aromatic carbocycles. The molecule has 3 rings (SSSR count). The Morgan fingerprint density at radius 1 is 1.19 bits per heavy atom. The van der Waals surface area contributed by atoms with Crippen LogP contribution in [0.25, 0.3) is 16.8 Å². The van der Waals surface area contributed by atoms with Crippen LogP contribution in [0.2, 0.25) is 0 Å². The first-order valence-corrected chi connectivity index (χ1v) is 8.53. The molecule has 1 aliphatic heterocycles. The average Bonchev–Trinajstić information content (AvgIpc) is 3.16. The molecule has 0 amide bonds. The maximum atomic E-state index is 14.2. The van der Waals surface area contributed by atoms with Crippen molar-refractivity contribution in [3.05, 3.63) is 60.1 Å². The van der Waals surface area contributed by atoms with E-state index in [4.69, 9.17) is 4.42 Å². The Morgan fingerprint density at radius 3 is 2.74 bits per heavy atom. The minimum Gasteiger partial charge on any atom is -0.443 e. The molecule has 0 radical (unpaired) electrons. The molecule has 142 valence electrons. The first-order chi connectivity index (χ1) is 13.0. The summed E-state index contributed by atoms with van der Waals surface area (Å²) in [5.41, 5.74) is 6.49. The number of hydrogen-bond donors (Lipinski definition) is 2. The number of rotatable bonds is 4. The summed E-state index contributed by atoms with van der Waals surface area (Å²) in [6.07, 6.45) is 7.14. The molecule has 2 N–H and O–H groups in total. The van der Waals surface area contributed by atoms with E-state index in [0.717, 1.165) is 24.7 Å². The first kappa shape index (κ1) is 18.9. The minimum absolute atomic E-state index is 0.0720. The third-order valence-electron chi connectivity index (χ3n) is 4.25. The van der Waals surface area contributed by atoms with Crippen molar-refractivity contribution in [2.24, 2.45) is 10.9 Å². The third-order valence-corrected chi connectivity index (χ3v) is 4.25. The summed E-state index contributed by atoms with van der Waals surface area (Å²) in [5, 5.41) is 0. The van der Waals surface area contributed by atoms with E-state index in [2.05, 4.69) is 20.8 Å².